The van der Waals surface area contributed by atoms with Crippen LogP contribution in [-0.4, -0.2) is 41.1 Å². The number of nitrogens with one attached hydrogen (secondary N) is 1. The molecule has 2 atom stereocenters. The van der Waals surface area contributed by atoms with E-state index in [4.69, 9.17) is 0 Å². The van der Waals surface area contributed by atoms with Crippen molar-refractivity contribution in [1.29, 1.82) is 0 Å². The third-order valence-electron chi connectivity index (χ3n) is 4.36. The van der Waals surface area contributed by atoms with Crippen molar-refractivity contribution in [3.05, 3.63) is 30.1 Å². The Morgan fingerprint density at radius 3 is 2.67 bits per heavy atom. The Balaban J connectivity index is 1.67. The average Bonchev–Trinajstić information content (AvgIpc) is 2.83. The Labute approximate surface area is 141 Å². The van der Waals surface area contributed by atoms with Crippen LogP contribution in [-0.2, 0) is 9.59 Å². The number of halogens is 3. The van der Waals surface area contributed by atoms with Crippen molar-refractivity contribution in [1.82, 2.24) is 10.2 Å². The fourth-order valence-electron chi connectivity index (χ4n) is 3.18. The summed E-state index contributed by atoms with van der Waals surface area (Å²) in [5.74, 6) is -1.86. The highest BCUT2D eigenvalue weighted by Gasteiger charge is 2.47. The smallest absolute Gasteiger partial charge is 0.351 e. The SMILES string of the molecule is O=C1CCCC2CN(C(=O)C(F)(F)Sc3ccc(F)cc3)CC2N1. The van der Waals surface area contributed by atoms with E-state index in [1.165, 1.54) is 12.1 Å². The predicted molar refractivity (Wildman–Crippen MR) is 83.1 cm³/mol. The molecule has 2 aliphatic heterocycles. The van der Waals surface area contributed by atoms with Gasteiger partial charge in [-0.25, -0.2) is 4.39 Å². The summed E-state index contributed by atoms with van der Waals surface area (Å²) in [5.41, 5.74) is 0. The van der Waals surface area contributed by atoms with Gasteiger partial charge in [0, 0.05) is 24.4 Å². The topological polar surface area (TPSA) is 49.4 Å². The summed E-state index contributed by atoms with van der Waals surface area (Å²) in [5, 5.41) is -0.827. The lowest BCUT2D eigenvalue weighted by Gasteiger charge is -2.23. The van der Waals surface area contributed by atoms with Crippen LogP contribution < -0.4 is 5.32 Å². The average molecular weight is 358 g/mol. The molecule has 0 aliphatic carbocycles. The molecular formula is C16H17F3N2O2S. The van der Waals surface area contributed by atoms with Gasteiger partial charge >= 0.3 is 11.2 Å². The molecule has 2 heterocycles. The molecule has 2 aliphatic rings. The van der Waals surface area contributed by atoms with Crippen molar-refractivity contribution >= 4 is 23.6 Å². The number of carbonyl (C=O) groups excluding carboxylic acids is 2. The van der Waals surface area contributed by atoms with E-state index in [2.05, 4.69) is 5.32 Å². The number of fused-ring (bicyclic) bond motifs is 1. The number of nitrogens with zero attached hydrogens (tertiary/aromatic N) is 1. The second-order valence-corrected chi connectivity index (χ2v) is 7.30. The maximum atomic E-state index is 14.3. The summed E-state index contributed by atoms with van der Waals surface area (Å²) in [6.45, 7) is 0.332. The maximum Gasteiger partial charge on any atom is 0.375 e. The first kappa shape index (κ1) is 17.1. The number of rotatable bonds is 3. The summed E-state index contributed by atoms with van der Waals surface area (Å²) in [6.07, 6.45) is 1.89. The zero-order valence-corrected chi connectivity index (χ0v) is 13.6. The van der Waals surface area contributed by atoms with Crippen LogP contribution in [0.25, 0.3) is 0 Å². The van der Waals surface area contributed by atoms with Crippen molar-refractivity contribution in [2.24, 2.45) is 5.92 Å². The lowest BCUT2D eigenvalue weighted by molar-refractivity contribution is -0.145. The van der Waals surface area contributed by atoms with Gasteiger partial charge in [0.25, 0.3) is 0 Å². The number of alkyl halides is 2. The van der Waals surface area contributed by atoms with Crippen molar-refractivity contribution in [2.75, 3.05) is 13.1 Å². The lowest BCUT2D eigenvalue weighted by atomic mass is 9.99. The summed E-state index contributed by atoms with van der Waals surface area (Å²) < 4.78 is 41.4. The second kappa shape index (κ2) is 6.66. The monoisotopic (exact) mass is 358 g/mol. The zero-order chi connectivity index (χ0) is 17.3. The molecule has 3 rings (SSSR count). The van der Waals surface area contributed by atoms with E-state index in [1.807, 2.05) is 0 Å². The standard InChI is InChI=1S/C16H17F3N2O2S/c17-11-4-6-12(7-5-11)24-16(18,19)15(23)21-8-10-2-1-3-14(22)20-13(10)9-21/h4-7,10,13H,1-3,8-9H2,(H,20,22). The molecular weight excluding hydrogens is 341 g/mol. The molecule has 0 spiro atoms. The molecule has 2 saturated heterocycles. The summed E-state index contributed by atoms with van der Waals surface area (Å²) in [6, 6.07) is 4.33. The van der Waals surface area contributed by atoms with E-state index in [0.29, 0.717) is 12.8 Å². The largest absolute Gasteiger partial charge is 0.375 e. The van der Waals surface area contributed by atoms with Crippen molar-refractivity contribution < 1.29 is 22.8 Å². The molecule has 2 unspecified atom stereocenters. The Morgan fingerprint density at radius 1 is 1.25 bits per heavy atom. The van der Waals surface area contributed by atoms with E-state index in [0.717, 1.165) is 23.5 Å². The minimum atomic E-state index is -3.63. The van der Waals surface area contributed by atoms with Gasteiger partial charge in [-0.3, -0.25) is 9.59 Å². The Kier molecular flexibility index (Phi) is 4.76. The second-order valence-electron chi connectivity index (χ2n) is 6.11. The molecule has 4 nitrogen and oxygen atoms in total. The van der Waals surface area contributed by atoms with Gasteiger partial charge < -0.3 is 10.2 Å². The minimum absolute atomic E-state index is 0.0204. The number of hydrogen-bond donors (Lipinski definition) is 1. The molecule has 0 aromatic heterocycles. The van der Waals surface area contributed by atoms with Crippen LogP contribution in [0, 0.1) is 11.7 Å². The quantitative estimate of drug-likeness (QED) is 0.845. The van der Waals surface area contributed by atoms with E-state index < -0.39 is 17.0 Å². The van der Waals surface area contributed by atoms with Crippen LogP contribution in [0.5, 0.6) is 0 Å². The third-order valence-corrected chi connectivity index (χ3v) is 5.30. The van der Waals surface area contributed by atoms with E-state index in [9.17, 15) is 22.8 Å². The number of benzene rings is 1. The predicted octanol–water partition coefficient (Wildman–Crippen LogP) is 2.64. The summed E-state index contributed by atoms with van der Waals surface area (Å²) in [7, 11) is 0. The van der Waals surface area contributed by atoms with Crippen molar-refractivity contribution in [3.63, 3.8) is 0 Å². The molecule has 0 radical (unpaired) electrons. The van der Waals surface area contributed by atoms with Crippen LogP contribution in [0.3, 0.4) is 0 Å². The van der Waals surface area contributed by atoms with Crippen molar-refractivity contribution in [2.45, 2.75) is 35.5 Å². The number of hydrogen-bond acceptors (Lipinski definition) is 3. The number of likely N-dealkylation sites (tertiary alicyclic amines) is 1. The molecule has 130 valence electrons. The fraction of sp³-hybridized carbons (Fsp3) is 0.500. The molecule has 24 heavy (non-hydrogen) atoms. The molecule has 1 aromatic carbocycles. The first-order valence-electron chi connectivity index (χ1n) is 7.76. The molecule has 0 saturated carbocycles. The van der Waals surface area contributed by atoms with Crippen LogP contribution in [0.1, 0.15) is 19.3 Å². The van der Waals surface area contributed by atoms with Crippen molar-refractivity contribution in [3.8, 4) is 0 Å². The summed E-state index contributed by atoms with van der Waals surface area (Å²) in [4.78, 5) is 25.0. The van der Waals surface area contributed by atoms with Gasteiger partial charge in [-0.1, -0.05) is 0 Å². The number of carbonyl (C=O) groups is 2. The van der Waals surface area contributed by atoms with Crippen LogP contribution in [0.2, 0.25) is 0 Å². The Bertz CT molecular complexity index is 639. The van der Waals surface area contributed by atoms with Gasteiger partial charge in [-0.15, -0.1) is 0 Å². The molecule has 0 bridgehead atoms. The number of thioether (sulfide) groups is 1. The highest BCUT2D eigenvalue weighted by molar-refractivity contribution is 8.01. The van der Waals surface area contributed by atoms with Gasteiger partial charge in [0.05, 0.1) is 6.04 Å². The van der Waals surface area contributed by atoms with Crippen LogP contribution in [0.4, 0.5) is 13.2 Å². The molecule has 2 amide bonds. The maximum absolute atomic E-state index is 14.3. The van der Waals surface area contributed by atoms with Gasteiger partial charge in [0.15, 0.2) is 0 Å². The highest BCUT2D eigenvalue weighted by Crippen LogP contribution is 2.39. The molecule has 8 heteroatoms. The van der Waals surface area contributed by atoms with E-state index in [1.54, 1.807) is 0 Å². The molecule has 1 N–H and O–H groups in total. The van der Waals surface area contributed by atoms with Crippen LogP contribution in [0.15, 0.2) is 29.2 Å². The van der Waals surface area contributed by atoms with Gasteiger partial charge in [-0.05, 0) is 54.8 Å². The Hall–Kier alpha value is -1.70. The Morgan fingerprint density at radius 2 is 1.96 bits per heavy atom. The third kappa shape index (κ3) is 3.68. The number of amides is 2. The minimum Gasteiger partial charge on any atom is -0.351 e. The van der Waals surface area contributed by atoms with E-state index >= 15 is 0 Å². The first-order chi connectivity index (χ1) is 11.3. The van der Waals surface area contributed by atoms with E-state index in [-0.39, 0.29) is 47.6 Å². The zero-order valence-electron chi connectivity index (χ0n) is 12.8. The van der Waals surface area contributed by atoms with Gasteiger partial charge in [0.2, 0.25) is 5.91 Å². The van der Waals surface area contributed by atoms with Crippen LogP contribution >= 0.6 is 11.8 Å². The lowest BCUT2D eigenvalue weighted by Crippen LogP contribution is -2.43. The van der Waals surface area contributed by atoms with Gasteiger partial charge in [-0.2, -0.15) is 8.78 Å². The van der Waals surface area contributed by atoms with Gasteiger partial charge in [0.1, 0.15) is 5.82 Å². The normalized spacial score (nSPS) is 24.3. The molecule has 2 fully saturated rings. The fourth-order valence-corrected chi connectivity index (χ4v) is 3.96. The molecule has 1 aromatic rings. The summed E-state index contributed by atoms with van der Waals surface area (Å²) >= 11 is 0.109. The highest BCUT2D eigenvalue weighted by atomic mass is 32.2. The first-order valence-corrected chi connectivity index (χ1v) is 8.58.